The number of hydrogen-bond donors (Lipinski definition) is 0. The molecule has 6 aromatic carbocycles. The third kappa shape index (κ3) is 7.81. The van der Waals surface area contributed by atoms with Gasteiger partial charge in [-0.25, -0.2) is 0 Å². The van der Waals surface area contributed by atoms with Crippen LogP contribution in [0.25, 0.3) is 43.8 Å². The van der Waals surface area contributed by atoms with Gasteiger partial charge in [0.05, 0.1) is 7.11 Å². The minimum absolute atomic E-state index is 0. The third-order valence-electron chi connectivity index (χ3n) is 9.41. The van der Waals surface area contributed by atoms with Crippen molar-refractivity contribution in [3.63, 3.8) is 0 Å². The van der Waals surface area contributed by atoms with E-state index in [1.807, 2.05) is 0 Å². The van der Waals surface area contributed by atoms with Crippen LogP contribution in [-0.4, -0.2) is 7.11 Å². The molecular weight excluding hydrogens is 660 g/mol. The molecule has 0 aliphatic heterocycles. The summed E-state index contributed by atoms with van der Waals surface area (Å²) in [7, 11) is 1.78. The van der Waals surface area contributed by atoms with E-state index in [1.165, 1.54) is 77.2 Å². The van der Waals surface area contributed by atoms with Gasteiger partial charge in [0.15, 0.2) is 0 Å². The summed E-state index contributed by atoms with van der Waals surface area (Å²) >= 11 is 0. The number of rotatable bonds is 3. The zero-order valence-electron chi connectivity index (χ0n) is 31.6. The second kappa shape index (κ2) is 14.0. The van der Waals surface area contributed by atoms with E-state index in [0.717, 1.165) is 5.75 Å². The molecule has 248 valence electrons. The second-order valence-corrected chi connectivity index (χ2v) is 16.6. The maximum atomic E-state index is 5.87. The fraction of sp³-hybridized carbons (Fsp3) is 0.348. The Labute approximate surface area is 309 Å². The van der Waals surface area contributed by atoms with Gasteiger partial charge in [0.2, 0.25) is 0 Å². The quantitative estimate of drug-likeness (QED) is 0.166. The molecule has 0 fully saturated rings. The molecule has 0 unspecified atom stereocenters. The van der Waals surface area contributed by atoms with Crippen LogP contribution in [0.3, 0.4) is 0 Å². The number of fused-ring (bicyclic) bond motifs is 2. The molecule has 0 saturated heterocycles. The molecule has 48 heavy (non-hydrogen) atoms. The van der Waals surface area contributed by atoms with Crippen molar-refractivity contribution in [1.29, 1.82) is 0 Å². The van der Waals surface area contributed by atoms with E-state index in [9.17, 15) is 0 Å². The summed E-state index contributed by atoms with van der Waals surface area (Å²) in [5, 5.41) is 5.33. The van der Waals surface area contributed by atoms with Crippen LogP contribution < -0.4 is 4.74 Å². The van der Waals surface area contributed by atoms with E-state index in [1.54, 1.807) is 7.11 Å². The van der Waals surface area contributed by atoms with Gasteiger partial charge in [0.25, 0.3) is 0 Å². The summed E-state index contributed by atoms with van der Waals surface area (Å²) in [5.74, 6) is 0.997. The Balaban J connectivity index is 0.000000214. The fourth-order valence-corrected chi connectivity index (χ4v) is 6.64. The summed E-state index contributed by atoms with van der Waals surface area (Å²) in [6.45, 7) is 27.1. The summed E-state index contributed by atoms with van der Waals surface area (Å²) < 4.78 is 5.87. The topological polar surface area (TPSA) is 9.23 Å². The molecule has 0 aromatic heterocycles. The first-order valence-corrected chi connectivity index (χ1v) is 17.1. The van der Waals surface area contributed by atoms with Gasteiger partial charge in [-0.05, 0) is 49.6 Å². The van der Waals surface area contributed by atoms with Gasteiger partial charge in [-0.15, -0.1) is 62.5 Å². The van der Waals surface area contributed by atoms with Crippen molar-refractivity contribution in [2.24, 2.45) is 0 Å². The Kier molecular flexibility index (Phi) is 10.9. The van der Waals surface area contributed by atoms with Crippen LogP contribution in [-0.2, 0) is 42.4 Å². The van der Waals surface area contributed by atoms with Crippen LogP contribution >= 0.6 is 0 Å². The SMILES string of the molecule is COc1c(C(C)(C)C)cc2[cH-]c(C)cc2c1-c1ccccc1.Cc1cc2c(-c3cc(C(C)(C)C)cc(C(C)(C)C)c3)ccc(C)c2[cH-]1.[Zr+2]. The van der Waals surface area contributed by atoms with E-state index in [2.05, 4.69) is 174 Å². The molecule has 0 N–H and O–H groups in total. The predicted molar refractivity (Wildman–Crippen MR) is 207 cm³/mol. The van der Waals surface area contributed by atoms with Crippen LogP contribution in [0.2, 0.25) is 0 Å². The molecule has 6 aromatic rings. The molecule has 6 rings (SSSR count). The number of benzene rings is 4. The van der Waals surface area contributed by atoms with Crippen molar-refractivity contribution in [3.05, 3.63) is 124 Å². The molecule has 0 amide bonds. The minimum Gasteiger partial charge on any atom is -0.498 e. The minimum atomic E-state index is 0. The molecule has 0 saturated carbocycles. The van der Waals surface area contributed by atoms with Gasteiger partial charge in [-0.3, -0.25) is 0 Å². The second-order valence-electron chi connectivity index (χ2n) is 16.6. The summed E-state index contributed by atoms with van der Waals surface area (Å²) in [5.41, 5.74) is 13.5. The maximum Gasteiger partial charge on any atom is 2.00 e. The van der Waals surface area contributed by atoms with Crippen LogP contribution in [0.5, 0.6) is 5.75 Å². The van der Waals surface area contributed by atoms with Crippen molar-refractivity contribution >= 4 is 21.5 Å². The van der Waals surface area contributed by atoms with Gasteiger partial charge in [0, 0.05) is 0 Å². The number of hydrogen-bond acceptors (Lipinski definition) is 1. The van der Waals surface area contributed by atoms with Crippen LogP contribution in [0, 0.1) is 20.8 Å². The normalized spacial score (nSPS) is 12.1. The Morgan fingerprint density at radius 2 is 1.12 bits per heavy atom. The average Bonchev–Trinajstić information content (AvgIpc) is 3.57. The van der Waals surface area contributed by atoms with Crippen molar-refractivity contribution in [3.8, 4) is 28.0 Å². The van der Waals surface area contributed by atoms with Crippen molar-refractivity contribution in [2.45, 2.75) is 99.3 Å². The van der Waals surface area contributed by atoms with Gasteiger partial charge in [-0.2, -0.15) is 12.1 Å². The van der Waals surface area contributed by atoms with Crippen molar-refractivity contribution in [2.75, 3.05) is 7.11 Å². The number of ether oxygens (including phenoxy) is 1. The maximum absolute atomic E-state index is 5.87. The zero-order valence-corrected chi connectivity index (χ0v) is 34.0. The largest absolute Gasteiger partial charge is 2.00 e. The van der Waals surface area contributed by atoms with Crippen LogP contribution in [0.15, 0.2) is 91.0 Å². The first kappa shape index (κ1) is 37.6. The number of methoxy groups -OCH3 is 1. The van der Waals surface area contributed by atoms with Crippen LogP contribution in [0.1, 0.15) is 95.7 Å². The Morgan fingerprint density at radius 1 is 0.562 bits per heavy atom. The van der Waals surface area contributed by atoms with Crippen molar-refractivity contribution in [1.82, 2.24) is 0 Å². The Bertz CT molecular complexity index is 2000. The monoisotopic (exact) mass is 712 g/mol. The van der Waals surface area contributed by atoms with E-state index in [-0.39, 0.29) is 42.4 Å². The van der Waals surface area contributed by atoms with E-state index in [0.29, 0.717) is 0 Å². The van der Waals surface area contributed by atoms with E-state index in [4.69, 9.17) is 4.74 Å². The van der Waals surface area contributed by atoms with Gasteiger partial charge >= 0.3 is 26.2 Å². The van der Waals surface area contributed by atoms with Gasteiger partial charge < -0.3 is 4.74 Å². The van der Waals surface area contributed by atoms with Gasteiger partial charge in [-0.1, -0.05) is 143 Å². The zero-order chi connectivity index (χ0) is 34.5. The summed E-state index contributed by atoms with van der Waals surface area (Å²) in [4.78, 5) is 0. The standard InChI is InChI=1S/C25H31.C21H23O.Zr/c1-16-11-22-17(2)9-10-21(23(22)12-16)18-13-19(24(3,4)5)15-20(14-18)25(6,7)8;1-14-11-16-13-18(21(2,3)4)20(22-5)19(17(16)12-14)15-9-7-6-8-10-15;/h9-15H,1-8H3;6-13H,1-5H3;/q2*-1;+2. The molecule has 1 nitrogen and oxygen atoms in total. The Hall–Kier alpha value is -3.22. The average molecular weight is 714 g/mol. The molecule has 0 aliphatic carbocycles. The summed E-state index contributed by atoms with van der Waals surface area (Å²) in [6.07, 6.45) is 0. The van der Waals surface area contributed by atoms with Crippen LogP contribution in [0.4, 0.5) is 0 Å². The van der Waals surface area contributed by atoms with E-state index < -0.39 is 0 Å². The smallest absolute Gasteiger partial charge is 0.498 e. The van der Waals surface area contributed by atoms with Gasteiger partial charge in [0.1, 0.15) is 5.75 Å². The summed E-state index contributed by atoms with van der Waals surface area (Å²) in [6, 6.07) is 33.7. The molecule has 2 heteroatoms. The Morgan fingerprint density at radius 3 is 1.67 bits per heavy atom. The molecule has 0 aliphatic rings. The van der Waals surface area contributed by atoms with E-state index >= 15 is 0 Å². The molecule has 0 atom stereocenters. The van der Waals surface area contributed by atoms with Crippen molar-refractivity contribution < 1.29 is 30.9 Å². The molecule has 0 bridgehead atoms. The first-order valence-electron chi connectivity index (χ1n) is 17.1. The predicted octanol–water partition coefficient (Wildman–Crippen LogP) is 13.3. The third-order valence-corrected chi connectivity index (χ3v) is 9.41. The number of aryl methyl sites for hydroxylation is 3. The molecule has 0 spiro atoms. The fourth-order valence-electron chi connectivity index (χ4n) is 6.64. The molecular formula is C46H54OZr. The molecule has 0 heterocycles. The first-order chi connectivity index (χ1) is 21.9. The molecule has 0 radical (unpaired) electrons.